The molecule has 0 saturated carbocycles. The van der Waals surface area contributed by atoms with Crippen LogP contribution in [0.2, 0.25) is 0 Å². The summed E-state index contributed by atoms with van der Waals surface area (Å²) in [5.74, 6) is -3.83. The number of carbonyl (C=O) groups is 2. The lowest BCUT2D eigenvalue weighted by atomic mass is 9.86. The smallest absolute Gasteiger partial charge is 0.305 e. The van der Waals surface area contributed by atoms with Crippen molar-refractivity contribution in [3.8, 4) is 0 Å². The fourth-order valence-corrected chi connectivity index (χ4v) is 3.71. The van der Waals surface area contributed by atoms with Gasteiger partial charge < -0.3 is 19.7 Å². The third kappa shape index (κ3) is 3.21. The minimum atomic E-state index is -1.76. The molecule has 1 unspecified atom stereocenters. The Labute approximate surface area is 152 Å². The van der Waals surface area contributed by atoms with E-state index in [1.807, 2.05) is 0 Å². The van der Waals surface area contributed by atoms with Crippen LogP contribution in [-0.4, -0.2) is 42.9 Å². The first-order valence-electron chi connectivity index (χ1n) is 8.97. The zero-order chi connectivity index (χ0) is 18.9. The van der Waals surface area contributed by atoms with Crippen LogP contribution in [0.1, 0.15) is 33.6 Å². The van der Waals surface area contributed by atoms with Crippen LogP contribution in [0, 0.1) is 11.7 Å². The molecule has 2 fully saturated rings. The van der Waals surface area contributed by atoms with Crippen molar-refractivity contribution >= 4 is 17.6 Å². The molecule has 26 heavy (non-hydrogen) atoms. The normalized spacial score (nSPS) is 25.6. The molecule has 2 heterocycles. The summed E-state index contributed by atoms with van der Waals surface area (Å²) >= 11 is 0. The summed E-state index contributed by atoms with van der Waals surface area (Å²) in [6, 6.07) is 6.13. The highest BCUT2D eigenvalue weighted by atomic mass is 19.1. The van der Waals surface area contributed by atoms with Gasteiger partial charge in [0.05, 0.1) is 17.8 Å². The maximum Gasteiger partial charge on any atom is 0.305 e. The number of hydrogen-bond acceptors (Lipinski definition) is 5. The summed E-state index contributed by atoms with van der Waals surface area (Å²) in [7, 11) is 0. The number of para-hydroxylation sites is 1. The van der Waals surface area contributed by atoms with Crippen LogP contribution < -0.4 is 10.2 Å². The van der Waals surface area contributed by atoms with E-state index in [-0.39, 0.29) is 12.2 Å². The maximum absolute atomic E-state index is 14.5. The van der Waals surface area contributed by atoms with Gasteiger partial charge in [0.15, 0.2) is 0 Å². The first kappa shape index (κ1) is 18.8. The lowest BCUT2D eigenvalue weighted by Crippen LogP contribution is -2.70. The van der Waals surface area contributed by atoms with E-state index in [0.717, 1.165) is 0 Å². The van der Waals surface area contributed by atoms with Crippen molar-refractivity contribution in [2.75, 3.05) is 24.5 Å². The Balaban J connectivity index is 2.10. The maximum atomic E-state index is 14.5. The molecule has 1 N–H and O–H groups in total. The van der Waals surface area contributed by atoms with Crippen LogP contribution in [0.15, 0.2) is 24.3 Å². The van der Waals surface area contributed by atoms with Gasteiger partial charge in [0.1, 0.15) is 5.82 Å². The summed E-state index contributed by atoms with van der Waals surface area (Å²) in [4.78, 5) is 26.5. The summed E-state index contributed by atoms with van der Waals surface area (Å²) in [5.41, 5.74) is -0.517. The SMILES string of the molecule is CC(=O)OC1(C(C)C)OC2(CCNCC2)CN(c2ccccc2F)C1=O. The molecule has 0 aliphatic carbocycles. The minimum absolute atomic E-state index is 0.177. The molecule has 2 aliphatic heterocycles. The molecule has 0 radical (unpaired) electrons. The fourth-order valence-electron chi connectivity index (χ4n) is 3.71. The molecule has 3 rings (SSSR count). The van der Waals surface area contributed by atoms with Gasteiger partial charge in [-0.05, 0) is 38.1 Å². The second kappa shape index (κ2) is 6.96. The standard InChI is InChI=1S/C19H25FN2O4/c1-13(2)19(25-14(3)23)17(24)22(16-7-5-4-6-15(16)20)12-18(26-19)8-10-21-11-9-18/h4-7,13,21H,8-12H2,1-3H3. The van der Waals surface area contributed by atoms with E-state index < -0.39 is 35.0 Å². The summed E-state index contributed by atoms with van der Waals surface area (Å²) in [5, 5.41) is 3.27. The Morgan fingerprint density at radius 3 is 2.54 bits per heavy atom. The number of morpholine rings is 1. The summed E-state index contributed by atoms with van der Waals surface area (Å²) < 4.78 is 26.2. The quantitative estimate of drug-likeness (QED) is 0.833. The molecule has 7 heteroatoms. The number of benzene rings is 1. The number of nitrogens with zero attached hydrogens (tertiary/aromatic N) is 1. The van der Waals surface area contributed by atoms with Crippen LogP contribution >= 0.6 is 0 Å². The number of amides is 1. The number of halogens is 1. The highest BCUT2D eigenvalue weighted by molar-refractivity contribution is 6.00. The third-order valence-electron chi connectivity index (χ3n) is 5.07. The van der Waals surface area contributed by atoms with E-state index in [1.54, 1.807) is 32.0 Å². The Kier molecular flexibility index (Phi) is 5.03. The number of esters is 1. The Bertz CT molecular complexity index is 703. The van der Waals surface area contributed by atoms with Crippen molar-refractivity contribution in [1.29, 1.82) is 0 Å². The molecular formula is C19H25FN2O4. The highest BCUT2D eigenvalue weighted by Crippen LogP contribution is 2.42. The average molecular weight is 364 g/mol. The zero-order valence-corrected chi connectivity index (χ0v) is 15.4. The Morgan fingerprint density at radius 2 is 1.96 bits per heavy atom. The minimum Gasteiger partial charge on any atom is -0.423 e. The first-order chi connectivity index (χ1) is 12.3. The summed E-state index contributed by atoms with van der Waals surface area (Å²) in [6.45, 7) is 6.43. The number of carbonyl (C=O) groups excluding carboxylic acids is 2. The van der Waals surface area contributed by atoms with E-state index >= 15 is 0 Å². The zero-order valence-electron chi connectivity index (χ0n) is 15.4. The second-order valence-corrected chi connectivity index (χ2v) is 7.29. The number of ether oxygens (including phenoxy) is 2. The van der Waals surface area contributed by atoms with Crippen LogP contribution in [0.5, 0.6) is 0 Å². The topological polar surface area (TPSA) is 67.9 Å². The van der Waals surface area contributed by atoms with Gasteiger partial charge >= 0.3 is 5.97 Å². The highest BCUT2D eigenvalue weighted by Gasteiger charge is 2.59. The van der Waals surface area contributed by atoms with E-state index in [9.17, 15) is 14.0 Å². The van der Waals surface area contributed by atoms with Gasteiger partial charge in [0, 0.05) is 12.8 Å². The predicted molar refractivity (Wildman–Crippen MR) is 94.0 cm³/mol. The van der Waals surface area contributed by atoms with Crippen molar-refractivity contribution in [2.45, 2.75) is 45.0 Å². The molecule has 6 nitrogen and oxygen atoms in total. The van der Waals surface area contributed by atoms with Gasteiger partial charge in [-0.2, -0.15) is 0 Å². The number of anilines is 1. The molecule has 0 aromatic heterocycles. The van der Waals surface area contributed by atoms with E-state index in [0.29, 0.717) is 25.9 Å². The molecule has 0 bridgehead atoms. The Hall–Kier alpha value is -1.99. The number of piperidine rings is 1. The molecule has 142 valence electrons. The van der Waals surface area contributed by atoms with Crippen molar-refractivity contribution in [3.63, 3.8) is 0 Å². The summed E-state index contributed by atoms with van der Waals surface area (Å²) in [6.07, 6.45) is 1.28. The molecule has 1 atom stereocenters. The predicted octanol–water partition coefficient (Wildman–Crippen LogP) is 2.23. The van der Waals surface area contributed by atoms with Crippen molar-refractivity contribution in [1.82, 2.24) is 5.32 Å². The molecule has 1 aromatic rings. The number of rotatable bonds is 3. The largest absolute Gasteiger partial charge is 0.423 e. The van der Waals surface area contributed by atoms with Crippen molar-refractivity contribution < 1.29 is 23.5 Å². The Morgan fingerprint density at radius 1 is 1.31 bits per heavy atom. The lowest BCUT2D eigenvalue weighted by molar-refractivity contribution is -0.291. The van der Waals surface area contributed by atoms with Crippen LogP contribution in [-0.2, 0) is 19.1 Å². The van der Waals surface area contributed by atoms with Gasteiger partial charge in [-0.1, -0.05) is 26.0 Å². The van der Waals surface area contributed by atoms with Gasteiger partial charge in [0.25, 0.3) is 11.7 Å². The van der Waals surface area contributed by atoms with E-state index in [4.69, 9.17) is 9.47 Å². The lowest BCUT2D eigenvalue weighted by Gasteiger charge is -2.53. The van der Waals surface area contributed by atoms with E-state index in [2.05, 4.69) is 5.32 Å². The average Bonchev–Trinajstić information content (AvgIpc) is 2.59. The number of nitrogens with one attached hydrogen (secondary N) is 1. The molecule has 2 saturated heterocycles. The van der Waals surface area contributed by atoms with Gasteiger partial charge in [-0.3, -0.25) is 9.59 Å². The number of hydrogen-bond donors (Lipinski definition) is 1. The third-order valence-corrected chi connectivity index (χ3v) is 5.07. The van der Waals surface area contributed by atoms with Crippen LogP contribution in [0.4, 0.5) is 10.1 Å². The molecule has 2 aliphatic rings. The van der Waals surface area contributed by atoms with Crippen molar-refractivity contribution in [2.24, 2.45) is 5.92 Å². The molecule has 1 amide bonds. The monoisotopic (exact) mass is 364 g/mol. The van der Waals surface area contributed by atoms with Crippen molar-refractivity contribution in [3.05, 3.63) is 30.1 Å². The fraction of sp³-hybridized carbons (Fsp3) is 0.579. The molecule has 1 spiro atoms. The van der Waals surface area contributed by atoms with Crippen LogP contribution in [0.3, 0.4) is 0 Å². The molecule has 1 aromatic carbocycles. The van der Waals surface area contributed by atoms with Gasteiger partial charge in [-0.25, -0.2) is 4.39 Å². The second-order valence-electron chi connectivity index (χ2n) is 7.29. The molecular weight excluding hydrogens is 339 g/mol. The van der Waals surface area contributed by atoms with E-state index in [1.165, 1.54) is 17.9 Å². The van der Waals surface area contributed by atoms with Gasteiger partial charge in [-0.15, -0.1) is 0 Å². The van der Waals surface area contributed by atoms with Crippen LogP contribution in [0.25, 0.3) is 0 Å². The first-order valence-corrected chi connectivity index (χ1v) is 8.97. The van der Waals surface area contributed by atoms with Gasteiger partial charge in [0.2, 0.25) is 0 Å².